The monoisotopic (exact) mass is 292 g/mol. The molecule has 7 nitrogen and oxygen atoms in total. The van der Waals surface area contributed by atoms with Crippen LogP contribution in [0.5, 0.6) is 0 Å². The van der Waals surface area contributed by atoms with E-state index in [0.29, 0.717) is 31.6 Å². The number of hydrogen-bond acceptors (Lipinski definition) is 4. The highest BCUT2D eigenvalue weighted by molar-refractivity contribution is 5.89. The largest absolute Gasteiger partial charge is 0.395 e. The summed E-state index contributed by atoms with van der Waals surface area (Å²) in [5.74, 6) is -0.129. The highest BCUT2D eigenvalue weighted by Gasteiger charge is 2.27. The van der Waals surface area contributed by atoms with Crippen LogP contribution in [0.2, 0.25) is 0 Å². The van der Waals surface area contributed by atoms with E-state index in [-0.39, 0.29) is 31.0 Å². The van der Waals surface area contributed by atoms with Gasteiger partial charge in [0.1, 0.15) is 0 Å². The van der Waals surface area contributed by atoms with E-state index in [9.17, 15) is 9.59 Å². The Balaban J connectivity index is 1.78. The number of rotatable bonds is 4. The van der Waals surface area contributed by atoms with Crippen LogP contribution in [-0.4, -0.2) is 53.2 Å². The van der Waals surface area contributed by atoms with Gasteiger partial charge in [-0.1, -0.05) is 0 Å². The Hall–Kier alpha value is -2.15. The summed E-state index contributed by atoms with van der Waals surface area (Å²) in [5.41, 5.74) is 0.658. The first kappa shape index (κ1) is 15.2. The molecule has 0 unspecified atom stereocenters. The molecule has 2 heterocycles. The molecule has 1 aliphatic heterocycles. The molecule has 2 rings (SSSR count). The third-order valence-corrected chi connectivity index (χ3v) is 3.48. The van der Waals surface area contributed by atoms with E-state index in [0.717, 1.165) is 0 Å². The summed E-state index contributed by atoms with van der Waals surface area (Å²) >= 11 is 0. The topological polar surface area (TPSA) is 94.6 Å². The maximum absolute atomic E-state index is 12.1. The number of likely N-dealkylation sites (tertiary alicyclic amines) is 1. The molecule has 1 aromatic heterocycles. The minimum absolute atomic E-state index is 0.0450. The van der Waals surface area contributed by atoms with Crippen LogP contribution in [0.3, 0.4) is 0 Å². The lowest BCUT2D eigenvalue weighted by Crippen LogP contribution is -2.44. The van der Waals surface area contributed by atoms with Crippen molar-refractivity contribution in [3.8, 4) is 0 Å². The lowest BCUT2D eigenvalue weighted by atomic mass is 9.96. The van der Waals surface area contributed by atoms with Crippen molar-refractivity contribution < 1.29 is 14.7 Å². The highest BCUT2D eigenvalue weighted by atomic mass is 16.3. The number of piperidine rings is 1. The lowest BCUT2D eigenvalue weighted by Gasteiger charge is -2.31. The van der Waals surface area contributed by atoms with Crippen LogP contribution in [-0.2, 0) is 4.79 Å². The zero-order valence-corrected chi connectivity index (χ0v) is 11.8. The van der Waals surface area contributed by atoms with E-state index in [1.807, 2.05) is 0 Å². The number of carbonyl (C=O) groups is 2. The third kappa shape index (κ3) is 4.42. The molecule has 0 aromatic carbocycles. The summed E-state index contributed by atoms with van der Waals surface area (Å²) < 4.78 is 0. The second-order valence-corrected chi connectivity index (χ2v) is 4.95. The molecule has 0 saturated carbocycles. The summed E-state index contributed by atoms with van der Waals surface area (Å²) in [7, 11) is 0. The number of anilines is 1. The summed E-state index contributed by atoms with van der Waals surface area (Å²) in [5, 5.41) is 14.1. The van der Waals surface area contributed by atoms with E-state index >= 15 is 0 Å². The Morgan fingerprint density at radius 1 is 1.38 bits per heavy atom. The standard InChI is InChI=1S/C14H20N4O3/c19-9-6-16-13(20)11-3-7-18(8-4-11)14(21)17-12-2-1-5-15-10-12/h1-2,5,10-11,19H,3-4,6-9H2,(H,16,20)(H,17,21). The summed E-state index contributed by atoms with van der Waals surface area (Å²) in [6, 6.07) is 3.37. The van der Waals surface area contributed by atoms with Crippen molar-refractivity contribution in [2.45, 2.75) is 12.8 Å². The van der Waals surface area contributed by atoms with E-state index in [1.54, 1.807) is 29.4 Å². The highest BCUT2D eigenvalue weighted by Crippen LogP contribution is 2.18. The van der Waals surface area contributed by atoms with Gasteiger partial charge in [0.15, 0.2) is 0 Å². The fraction of sp³-hybridized carbons (Fsp3) is 0.500. The van der Waals surface area contributed by atoms with Gasteiger partial charge in [0.05, 0.1) is 18.5 Å². The van der Waals surface area contributed by atoms with Gasteiger partial charge in [-0.15, -0.1) is 0 Å². The van der Waals surface area contributed by atoms with Gasteiger partial charge in [0.2, 0.25) is 5.91 Å². The number of aliphatic hydroxyl groups is 1. The predicted molar refractivity (Wildman–Crippen MR) is 77.6 cm³/mol. The first-order chi connectivity index (χ1) is 10.2. The van der Waals surface area contributed by atoms with Crippen molar-refractivity contribution in [2.24, 2.45) is 5.92 Å². The fourth-order valence-electron chi connectivity index (χ4n) is 2.31. The van der Waals surface area contributed by atoms with Crippen molar-refractivity contribution in [3.63, 3.8) is 0 Å². The first-order valence-electron chi connectivity index (χ1n) is 7.05. The fourth-order valence-corrected chi connectivity index (χ4v) is 2.31. The number of nitrogens with zero attached hydrogens (tertiary/aromatic N) is 2. The summed E-state index contributed by atoms with van der Waals surface area (Å²) in [6.45, 7) is 1.31. The molecule has 0 radical (unpaired) electrons. The minimum Gasteiger partial charge on any atom is -0.395 e. The van der Waals surface area contributed by atoms with Gasteiger partial charge in [-0.25, -0.2) is 4.79 Å². The summed E-state index contributed by atoms with van der Waals surface area (Å²) in [6.07, 6.45) is 4.51. The van der Waals surface area contributed by atoms with Gasteiger partial charge in [0.25, 0.3) is 0 Å². The molecular formula is C14H20N4O3. The van der Waals surface area contributed by atoms with Crippen LogP contribution in [0.4, 0.5) is 10.5 Å². The Morgan fingerprint density at radius 3 is 2.76 bits per heavy atom. The normalized spacial score (nSPS) is 15.6. The van der Waals surface area contributed by atoms with Crippen LogP contribution < -0.4 is 10.6 Å². The van der Waals surface area contributed by atoms with Crippen molar-refractivity contribution in [1.82, 2.24) is 15.2 Å². The van der Waals surface area contributed by atoms with Gasteiger partial charge in [-0.2, -0.15) is 0 Å². The number of aliphatic hydroxyl groups excluding tert-OH is 1. The van der Waals surface area contributed by atoms with E-state index < -0.39 is 0 Å². The number of aromatic nitrogens is 1. The van der Waals surface area contributed by atoms with E-state index in [1.165, 1.54) is 0 Å². The second kappa shape index (κ2) is 7.58. The molecular weight excluding hydrogens is 272 g/mol. The van der Waals surface area contributed by atoms with Crippen molar-refractivity contribution >= 4 is 17.6 Å². The number of carbonyl (C=O) groups excluding carboxylic acids is 2. The number of nitrogens with one attached hydrogen (secondary N) is 2. The second-order valence-electron chi connectivity index (χ2n) is 4.95. The number of amides is 3. The Kier molecular flexibility index (Phi) is 5.51. The Labute approximate surface area is 123 Å². The maximum atomic E-state index is 12.1. The molecule has 1 saturated heterocycles. The van der Waals surface area contributed by atoms with Crippen LogP contribution in [0.25, 0.3) is 0 Å². The molecule has 3 amide bonds. The minimum atomic E-state index is -0.169. The van der Waals surface area contributed by atoms with Gasteiger partial charge in [0, 0.05) is 31.7 Å². The molecule has 1 aromatic rings. The van der Waals surface area contributed by atoms with Crippen LogP contribution in [0.1, 0.15) is 12.8 Å². The molecule has 114 valence electrons. The van der Waals surface area contributed by atoms with E-state index in [2.05, 4.69) is 15.6 Å². The molecule has 0 bridgehead atoms. The smallest absolute Gasteiger partial charge is 0.321 e. The molecule has 7 heteroatoms. The molecule has 0 aliphatic carbocycles. The van der Waals surface area contributed by atoms with Gasteiger partial charge in [-0.3, -0.25) is 9.78 Å². The van der Waals surface area contributed by atoms with Crippen molar-refractivity contribution in [1.29, 1.82) is 0 Å². The quantitative estimate of drug-likeness (QED) is 0.750. The summed E-state index contributed by atoms with van der Waals surface area (Å²) in [4.78, 5) is 29.5. The third-order valence-electron chi connectivity index (χ3n) is 3.48. The Bertz CT molecular complexity index is 472. The number of urea groups is 1. The van der Waals surface area contributed by atoms with Gasteiger partial charge < -0.3 is 20.6 Å². The van der Waals surface area contributed by atoms with Crippen LogP contribution in [0, 0.1) is 5.92 Å². The number of hydrogen-bond donors (Lipinski definition) is 3. The molecule has 21 heavy (non-hydrogen) atoms. The SMILES string of the molecule is O=C(NCCO)C1CCN(C(=O)Nc2cccnc2)CC1. The molecule has 1 aliphatic rings. The predicted octanol–water partition coefficient (Wildman–Crippen LogP) is 0.434. The first-order valence-corrected chi connectivity index (χ1v) is 7.05. The van der Waals surface area contributed by atoms with Gasteiger partial charge >= 0.3 is 6.03 Å². The average molecular weight is 292 g/mol. The van der Waals surface area contributed by atoms with Crippen LogP contribution in [0.15, 0.2) is 24.5 Å². The lowest BCUT2D eigenvalue weighted by molar-refractivity contribution is -0.126. The maximum Gasteiger partial charge on any atom is 0.321 e. The molecule has 3 N–H and O–H groups in total. The van der Waals surface area contributed by atoms with Crippen molar-refractivity contribution in [3.05, 3.63) is 24.5 Å². The molecule has 1 fully saturated rings. The van der Waals surface area contributed by atoms with E-state index in [4.69, 9.17) is 5.11 Å². The Morgan fingerprint density at radius 2 is 2.14 bits per heavy atom. The zero-order chi connectivity index (χ0) is 15.1. The van der Waals surface area contributed by atoms with Crippen molar-refractivity contribution in [2.75, 3.05) is 31.6 Å². The number of pyridine rings is 1. The average Bonchev–Trinajstić information content (AvgIpc) is 2.53. The zero-order valence-electron chi connectivity index (χ0n) is 11.8. The van der Waals surface area contributed by atoms with Gasteiger partial charge in [-0.05, 0) is 25.0 Å². The molecule has 0 atom stereocenters. The molecule has 0 spiro atoms. The van der Waals surface area contributed by atoms with Crippen LogP contribution >= 0.6 is 0 Å².